The predicted octanol–water partition coefficient (Wildman–Crippen LogP) is 2.70. The highest BCUT2D eigenvalue weighted by Crippen LogP contribution is 2.30. The summed E-state index contributed by atoms with van der Waals surface area (Å²) in [6, 6.07) is 2.39. The van der Waals surface area contributed by atoms with Crippen molar-refractivity contribution in [1.29, 1.82) is 0 Å². The molecule has 0 radical (unpaired) electrons. The second kappa shape index (κ2) is 7.62. The van der Waals surface area contributed by atoms with Crippen LogP contribution in [-0.2, 0) is 17.5 Å². The molecule has 2 aromatic rings. The fraction of sp³-hybridized carbons (Fsp3) is 0.500. The van der Waals surface area contributed by atoms with Crippen molar-refractivity contribution in [3.8, 4) is 0 Å². The zero-order valence-corrected chi connectivity index (χ0v) is 15.3. The van der Waals surface area contributed by atoms with Crippen LogP contribution in [-0.4, -0.2) is 62.9 Å². The Morgan fingerprint density at radius 1 is 1.21 bits per heavy atom. The highest BCUT2D eigenvalue weighted by molar-refractivity contribution is 5.75. The summed E-state index contributed by atoms with van der Waals surface area (Å²) in [7, 11) is 0. The summed E-state index contributed by atoms with van der Waals surface area (Å²) in [6.07, 6.45) is -0.962. The molecule has 3 heterocycles. The molecule has 2 fully saturated rings. The largest absolute Gasteiger partial charge is 0.416 e. The number of nitrogens with zero attached hydrogens (tertiary/aromatic N) is 5. The molecule has 1 aromatic heterocycles. The molecule has 0 spiro atoms. The third kappa shape index (κ3) is 4.19. The first kappa shape index (κ1) is 19.6. The van der Waals surface area contributed by atoms with Crippen molar-refractivity contribution < 1.29 is 27.1 Å². The number of carbonyl (C=O) groups excluding carboxylic acids is 1. The van der Waals surface area contributed by atoms with Gasteiger partial charge in [-0.3, -0.25) is 0 Å². The Bertz CT molecular complexity index is 868. The fourth-order valence-corrected chi connectivity index (χ4v) is 3.49. The highest BCUT2D eigenvalue weighted by atomic mass is 19.4. The number of likely N-dealkylation sites (tertiary alicyclic amines) is 2. The minimum Gasteiger partial charge on any atom is -0.370 e. The van der Waals surface area contributed by atoms with Crippen LogP contribution in [0.25, 0.3) is 0 Å². The van der Waals surface area contributed by atoms with Gasteiger partial charge in [-0.1, -0.05) is 6.07 Å². The van der Waals surface area contributed by atoms with Crippen molar-refractivity contribution in [3.05, 3.63) is 47.8 Å². The van der Waals surface area contributed by atoms with Crippen LogP contribution in [0.5, 0.6) is 0 Å². The zero-order chi connectivity index (χ0) is 20.6. The van der Waals surface area contributed by atoms with Crippen LogP contribution in [0.2, 0.25) is 0 Å². The molecule has 1 atom stereocenters. The van der Waals surface area contributed by atoms with Gasteiger partial charge in [0, 0.05) is 18.7 Å². The van der Waals surface area contributed by atoms with Gasteiger partial charge in [-0.2, -0.15) is 18.3 Å². The van der Waals surface area contributed by atoms with E-state index in [0.717, 1.165) is 18.6 Å². The molecule has 0 N–H and O–H groups in total. The van der Waals surface area contributed by atoms with Gasteiger partial charge < -0.3 is 14.5 Å². The average Bonchev–Trinajstić information content (AvgIpc) is 3.31. The van der Waals surface area contributed by atoms with Crippen molar-refractivity contribution in [2.24, 2.45) is 0 Å². The van der Waals surface area contributed by atoms with E-state index in [1.807, 2.05) is 0 Å². The smallest absolute Gasteiger partial charge is 0.370 e. The van der Waals surface area contributed by atoms with Gasteiger partial charge in [0.2, 0.25) is 0 Å². The van der Waals surface area contributed by atoms with E-state index in [1.54, 1.807) is 20.8 Å². The maximum absolute atomic E-state index is 13.9. The first-order valence-corrected chi connectivity index (χ1v) is 9.16. The predicted molar refractivity (Wildman–Crippen MR) is 92.2 cm³/mol. The molecule has 4 rings (SSSR count). The van der Waals surface area contributed by atoms with Crippen LogP contribution in [0.1, 0.15) is 23.6 Å². The first-order valence-electron chi connectivity index (χ1n) is 9.16. The number of hydrogen-bond acceptors (Lipinski definition) is 4. The van der Waals surface area contributed by atoms with E-state index in [-0.39, 0.29) is 30.3 Å². The van der Waals surface area contributed by atoms with Crippen LogP contribution in [0.4, 0.5) is 22.4 Å². The topological polar surface area (TPSA) is 63.5 Å². The van der Waals surface area contributed by atoms with Crippen LogP contribution >= 0.6 is 0 Å². The third-order valence-corrected chi connectivity index (χ3v) is 5.22. The Morgan fingerprint density at radius 3 is 2.66 bits per heavy atom. The summed E-state index contributed by atoms with van der Waals surface area (Å²) >= 11 is 0. The summed E-state index contributed by atoms with van der Waals surface area (Å²) < 4.78 is 58.9. The number of aromatic nitrogens is 3. The van der Waals surface area contributed by atoms with Crippen LogP contribution in [0, 0.1) is 5.82 Å². The Hall–Kier alpha value is -2.69. The van der Waals surface area contributed by atoms with Crippen molar-refractivity contribution >= 4 is 6.03 Å². The van der Waals surface area contributed by atoms with Gasteiger partial charge in [0.15, 0.2) is 0 Å². The van der Waals surface area contributed by atoms with Crippen LogP contribution < -0.4 is 0 Å². The number of amides is 2. The second-order valence-corrected chi connectivity index (χ2v) is 7.19. The number of alkyl halides is 3. The van der Waals surface area contributed by atoms with Gasteiger partial charge in [-0.25, -0.2) is 18.9 Å². The zero-order valence-electron chi connectivity index (χ0n) is 15.3. The lowest BCUT2D eigenvalue weighted by Gasteiger charge is -2.40. The Morgan fingerprint density at radius 2 is 2.00 bits per heavy atom. The van der Waals surface area contributed by atoms with Crippen molar-refractivity contribution in [3.63, 3.8) is 0 Å². The number of benzene rings is 1. The lowest BCUT2D eigenvalue weighted by molar-refractivity contribution is -0.137. The average molecular weight is 413 g/mol. The summed E-state index contributed by atoms with van der Waals surface area (Å²) in [5.74, 6) is -0.955. The first-order chi connectivity index (χ1) is 13.8. The summed E-state index contributed by atoms with van der Waals surface area (Å²) in [5.41, 5.74) is -0.980. The van der Waals surface area contributed by atoms with E-state index >= 15 is 0 Å². The molecular formula is C18H19F4N5O2. The number of carbonyl (C=O) groups is 1. The number of rotatable bonds is 4. The number of halogens is 4. The number of hydrogen-bond donors (Lipinski definition) is 0. The minimum atomic E-state index is -4.59. The van der Waals surface area contributed by atoms with Gasteiger partial charge in [-0.05, 0) is 18.6 Å². The molecule has 11 heteroatoms. The lowest BCUT2D eigenvalue weighted by atomic mass is 10.1. The van der Waals surface area contributed by atoms with Gasteiger partial charge in [-0.15, -0.1) is 0 Å². The molecule has 1 aromatic carbocycles. The Labute approximate surface area is 163 Å². The van der Waals surface area contributed by atoms with E-state index in [4.69, 9.17) is 4.74 Å². The molecule has 1 unspecified atom stereocenters. The lowest BCUT2D eigenvalue weighted by Crippen LogP contribution is -2.58. The Kier molecular flexibility index (Phi) is 5.15. The van der Waals surface area contributed by atoms with Crippen molar-refractivity contribution in [1.82, 2.24) is 24.6 Å². The standard InChI is InChI=1S/C18H19F4N5O2/c19-16-5-13(18(20,21)22)2-1-12(16)9-29-15-7-26(8-15)17(28)25-4-3-14(6-25)27-11-23-10-24-27/h1-2,5,10-11,14-15H,3-4,6-9H2. The molecule has 7 nitrogen and oxygen atoms in total. The second-order valence-electron chi connectivity index (χ2n) is 7.19. The molecule has 2 saturated heterocycles. The van der Waals surface area contributed by atoms with Crippen LogP contribution in [0.15, 0.2) is 30.9 Å². The summed E-state index contributed by atoms with van der Waals surface area (Å²) in [6.45, 7) is 1.77. The molecule has 2 aliphatic heterocycles. The summed E-state index contributed by atoms with van der Waals surface area (Å²) in [4.78, 5) is 19.8. The molecule has 2 amide bonds. The third-order valence-electron chi connectivity index (χ3n) is 5.22. The SMILES string of the molecule is O=C(N1CC(OCc2ccc(C(F)(F)F)cc2F)C1)N1CCC(n2cncn2)C1. The number of ether oxygens (including phenoxy) is 1. The molecule has 0 aliphatic carbocycles. The van der Waals surface area contributed by atoms with E-state index in [2.05, 4.69) is 10.1 Å². The maximum atomic E-state index is 13.9. The normalized spacial score (nSPS) is 20.2. The van der Waals surface area contributed by atoms with Crippen molar-refractivity contribution in [2.45, 2.75) is 31.3 Å². The quantitative estimate of drug-likeness (QED) is 0.724. The molecule has 2 aliphatic rings. The molecule has 0 bridgehead atoms. The molecular weight excluding hydrogens is 394 g/mol. The van der Waals surface area contributed by atoms with E-state index in [9.17, 15) is 22.4 Å². The van der Waals surface area contributed by atoms with Gasteiger partial charge in [0.1, 0.15) is 18.5 Å². The van der Waals surface area contributed by atoms with Gasteiger partial charge in [0.05, 0.1) is 37.4 Å². The van der Waals surface area contributed by atoms with E-state index in [0.29, 0.717) is 32.2 Å². The number of urea groups is 1. The Balaban J connectivity index is 1.23. The summed E-state index contributed by atoms with van der Waals surface area (Å²) in [5, 5.41) is 4.10. The van der Waals surface area contributed by atoms with Gasteiger partial charge >= 0.3 is 12.2 Å². The van der Waals surface area contributed by atoms with E-state index in [1.165, 1.54) is 6.33 Å². The molecule has 29 heavy (non-hydrogen) atoms. The minimum absolute atomic E-state index is 0.0537. The van der Waals surface area contributed by atoms with Crippen LogP contribution in [0.3, 0.4) is 0 Å². The van der Waals surface area contributed by atoms with Gasteiger partial charge in [0.25, 0.3) is 0 Å². The molecule has 156 valence electrons. The fourth-order valence-electron chi connectivity index (χ4n) is 3.49. The van der Waals surface area contributed by atoms with Crippen molar-refractivity contribution in [2.75, 3.05) is 26.2 Å². The van der Waals surface area contributed by atoms with E-state index < -0.39 is 17.6 Å². The highest BCUT2D eigenvalue weighted by Gasteiger charge is 2.37. The monoisotopic (exact) mass is 413 g/mol. The maximum Gasteiger partial charge on any atom is 0.416 e. The molecule has 0 saturated carbocycles.